The predicted molar refractivity (Wildman–Crippen MR) is 98.0 cm³/mol. The van der Waals surface area contributed by atoms with Crippen LogP contribution < -0.4 is 10.6 Å². The first-order valence-corrected chi connectivity index (χ1v) is 8.87. The number of aromatic nitrogens is 2. The SMILES string of the molecule is C=C1NCC2(CCN(C(=O)Cn3cnc4cc(C)c(C)cc43)CC2)N1. The lowest BCUT2D eigenvalue weighted by Gasteiger charge is -2.38. The van der Waals surface area contributed by atoms with E-state index in [0.717, 1.165) is 49.3 Å². The number of hydrogen-bond donors (Lipinski definition) is 2. The van der Waals surface area contributed by atoms with Gasteiger partial charge in [-0.3, -0.25) is 4.79 Å². The maximum atomic E-state index is 12.8. The standard InChI is InChI=1S/C19H25N5O/c1-13-8-16-17(9-14(13)2)24(12-21-16)10-18(25)23-6-4-19(5-7-23)11-20-15(3)22-19/h8-9,12,20,22H,3-7,10-11H2,1-2H3. The Morgan fingerprint density at radius 2 is 2.00 bits per heavy atom. The number of likely N-dealkylation sites (tertiary alicyclic amines) is 1. The molecule has 0 radical (unpaired) electrons. The third-order valence-electron chi connectivity index (χ3n) is 5.67. The van der Waals surface area contributed by atoms with Gasteiger partial charge in [0.1, 0.15) is 6.54 Å². The van der Waals surface area contributed by atoms with Crippen molar-refractivity contribution >= 4 is 16.9 Å². The Labute approximate surface area is 147 Å². The molecule has 0 aliphatic carbocycles. The van der Waals surface area contributed by atoms with Crippen LogP contribution in [0.1, 0.15) is 24.0 Å². The van der Waals surface area contributed by atoms with E-state index in [1.165, 1.54) is 11.1 Å². The van der Waals surface area contributed by atoms with Crippen molar-refractivity contribution in [3.8, 4) is 0 Å². The Kier molecular flexibility index (Phi) is 3.71. The molecule has 3 heterocycles. The Hall–Kier alpha value is -2.50. The number of carbonyl (C=O) groups excluding carboxylic acids is 1. The van der Waals surface area contributed by atoms with Crippen LogP contribution in [0.4, 0.5) is 0 Å². The molecule has 1 aromatic heterocycles. The molecule has 2 aliphatic heterocycles. The van der Waals surface area contributed by atoms with E-state index in [4.69, 9.17) is 0 Å². The molecule has 0 atom stereocenters. The summed E-state index contributed by atoms with van der Waals surface area (Å²) in [5, 5.41) is 6.72. The Bertz CT molecular complexity index is 845. The lowest BCUT2D eigenvalue weighted by atomic mass is 9.88. The molecule has 1 amide bonds. The summed E-state index contributed by atoms with van der Waals surface area (Å²) in [6.07, 6.45) is 3.68. The van der Waals surface area contributed by atoms with Crippen molar-refractivity contribution in [3.05, 3.63) is 42.0 Å². The summed E-state index contributed by atoms with van der Waals surface area (Å²) in [5.41, 5.74) is 4.51. The summed E-state index contributed by atoms with van der Waals surface area (Å²) in [4.78, 5) is 19.2. The lowest BCUT2D eigenvalue weighted by Crippen LogP contribution is -2.53. The maximum absolute atomic E-state index is 12.8. The first-order valence-electron chi connectivity index (χ1n) is 8.87. The summed E-state index contributed by atoms with van der Waals surface area (Å²) in [6.45, 7) is 10.9. The second kappa shape index (κ2) is 5.79. The van der Waals surface area contributed by atoms with Crippen LogP contribution in [-0.4, -0.2) is 45.5 Å². The molecule has 1 aromatic carbocycles. The molecule has 2 N–H and O–H groups in total. The Morgan fingerprint density at radius 3 is 2.68 bits per heavy atom. The molecule has 0 saturated carbocycles. The zero-order chi connectivity index (χ0) is 17.6. The average molecular weight is 339 g/mol. The zero-order valence-electron chi connectivity index (χ0n) is 14.9. The smallest absolute Gasteiger partial charge is 0.242 e. The number of aryl methyl sites for hydroxylation is 2. The molecule has 132 valence electrons. The number of fused-ring (bicyclic) bond motifs is 1. The summed E-state index contributed by atoms with van der Waals surface area (Å²) in [7, 11) is 0. The van der Waals surface area contributed by atoms with Gasteiger partial charge in [-0.15, -0.1) is 0 Å². The third-order valence-corrected chi connectivity index (χ3v) is 5.67. The van der Waals surface area contributed by atoms with Crippen molar-refractivity contribution in [1.82, 2.24) is 25.1 Å². The quantitative estimate of drug-likeness (QED) is 0.874. The van der Waals surface area contributed by atoms with Crippen molar-refractivity contribution < 1.29 is 4.79 Å². The van der Waals surface area contributed by atoms with Gasteiger partial charge in [-0.1, -0.05) is 6.58 Å². The Balaban J connectivity index is 1.45. The van der Waals surface area contributed by atoms with E-state index >= 15 is 0 Å². The van der Waals surface area contributed by atoms with Crippen LogP contribution in [0.25, 0.3) is 11.0 Å². The molecule has 6 heteroatoms. The number of amides is 1. The molecular formula is C19H25N5O. The third kappa shape index (κ3) is 2.86. The molecule has 6 nitrogen and oxygen atoms in total. The minimum atomic E-state index is 0.0736. The van der Waals surface area contributed by atoms with Crippen molar-refractivity contribution in [2.45, 2.75) is 38.8 Å². The number of rotatable bonds is 2. The Morgan fingerprint density at radius 1 is 1.28 bits per heavy atom. The second-order valence-electron chi connectivity index (χ2n) is 7.42. The number of carbonyl (C=O) groups is 1. The molecule has 0 bridgehead atoms. The molecule has 2 fully saturated rings. The van der Waals surface area contributed by atoms with Gasteiger partial charge in [-0.25, -0.2) is 4.98 Å². The van der Waals surface area contributed by atoms with Gasteiger partial charge >= 0.3 is 0 Å². The van der Waals surface area contributed by atoms with Crippen LogP contribution in [0.5, 0.6) is 0 Å². The first kappa shape index (κ1) is 16.0. The highest BCUT2D eigenvalue weighted by molar-refractivity contribution is 5.81. The number of hydrogen-bond acceptors (Lipinski definition) is 4. The summed E-state index contributed by atoms with van der Waals surface area (Å²) in [5.74, 6) is 1.06. The number of piperidine rings is 1. The van der Waals surface area contributed by atoms with E-state index in [9.17, 15) is 4.79 Å². The van der Waals surface area contributed by atoms with Gasteiger partial charge in [-0.2, -0.15) is 0 Å². The van der Waals surface area contributed by atoms with E-state index in [0.29, 0.717) is 6.54 Å². The minimum Gasteiger partial charge on any atom is -0.370 e. The number of nitrogens with zero attached hydrogens (tertiary/aromatic N) is 3. The van der Waals surface area contributed by atoms with Crippen molar-refractivity contribution in [2.24, 2.45) is 0 Å². The van der Waals surface area contributed by atoms with E-state index in [2.05, 4.69) is 48.2 Å². The average Bonchev–Trinajstić information content (AvgIpc) is 3.13. The van der Waals surface area contributed by atoms with Crippen LogP contribution >= 0.6 is 0 Å². The van der Waals surface area contributed by atoms with Crippen molar-refractivity contribution in [2.75, 3.05) is 19.6 Å². The topological polar surface area (TPSA) is 62.2 Å². The highest BCUT2D eigenvalue weighted by atomic mass is 16.2. The van der Waals surface area contributed by atoms with Gasteiger partial charge in [0.15, 0.2) is 0 Å². The number of benzene rings is 1. The van der Waals surface area contributed by atoms with Gasteiger partial charge < -0.3 is 20.1 Å². The maximum Gasteiger partial charge on any atom is 0.242 e. The summed E-state index contributed by atoms with van der Waals surface area (Å²) >= 11 is 0. The van der Waals surface area contributed by atoms with E-state index in [1.807, 2.05) is 9.47 Å². The van der Waals surface area contributed by atoms with Gasteiger partial charge in [0, 0.05) is 19.6 Å². The molecule has 1 spiro atoms. The summed E-state index contributed by atoms with van der Waals surface area (Å²) in [6, 6.07) is 4.21. The molecular weight excluding hydrogens is 314 g/mol. The first-order chi connectivity index (χ1) is 12.0. The van der Waals surface area contributed by atoms with Crippen molar-refractivity contribution in [1.29, 1.82) is 0 Å². The predicted octanol–water partition coefficient (Wildman–Crippen LogP) is 1.68. The van der Waals surface area contributed by atoms with Gasteiger partial charge in [0.25, 0.3) is 0 Å². The normalized spacial score (nSPS) is 19.3. The van der Waals surface area contributed by atoms with E-state index in [1.54, 1.807) is 6.33 Å². The highest BCUT2D eigenvalue weighted by Crippen LogP contribution is 2.26. The lowest BCUT2D eigenvalue weighted by molar-refractivity contribution is -0.133. The van der Waals surface area contributed by atoms with Crippen molar-refractivity contribution in [3.63, 3.8) is 0 Å². The van der Waals surface area contributed by atoms with E-state index in [-0.39, 0.29) is 11.4 Å². The van der Waals surface area contributed by atoms with E-state index < -0.39 is 0 Å². The largest absolute Gasteiger partial charge is 0.370 e. The van der Waals surface area contributed by atoms with Crippen LogP contribution in [-0.2, 0) is 11.3 Å². The molecule has 2 saturated heterocycles. The summed E-state index contributed by atoms with van der Waals surface area (Å²) < 4.78 is 1.96. The highest BCUT2D eigenvalue weighted by Gasteiger charge is 2.39. The fraction of sp³-hybridized carbons (Fsp3) is 0.474. The molecule has 25 heavy (non-hydrogen) atoms. The van der Waals surface area contributed by atoms with Crippen LogP contribution in [0, 0.1) is 13.8 Å². The monoisotopic (exact) mass is 339 g/mol. The van der Waals surface area contributed by atoms with Crippen LogP contribution in [0.15, 0.2) is 30.9 Å². The number of nitrogens with one attached hydrogen (secondary N) is 2. The van der Waals surface area contributed by atoms with Crippen LogP contribution in [0.2, 0.25) is 0 Å². The molecule has 2 aromatic rings. The molecule has 2 aliphatic rings. The fourth-order valence-corrected chi connectivity index (χ4v) is 3.86. The fourth-order valence-electron chi connectivity index (χ4n) is 3.86. The van der Waals surface area contributed by atoms with Gasteiger partial charge in [0.05, 0.1) is 28.7 Å². The van der Waals surface area contributed by atoms with Crippen LogP contribution in [0.3, 0.4) is 0 Å². The number of imidazole rings is 1. The molecule has 4 rings (SSSR count). The molecule has 0 unspecified atom stereocenters. The van der Waals surface area contributed by atoms with Gasteiger partial charge in [-0.05, 0) is 49.9 Å². The van der Waals surface area contributed by atoms with Gasteiger partial charge in [0.2, 0.25) is 5.91 Å². The second-order valence-corrected chi connectivity index (χ2v) is 7.42. The minimum absolute atomic E-state index is 0.0736. The zero-order valence-corrected chi connectivity index (χ0v) is 14.9.